The van der Waals surface area contributed by atoms with Crippen molar-refractivity contribution in [2.24, 2.45) is 5.92 Å². The van der Waals surface area contributed by atoms with Gasteiger partial charge in [-0.15, -0.1) is 0 Å². The molecule has 0 aliphatic heterocycles. The number of hydrogen-bond acceptors (Lipinski definition) is 3. The van der Waals surface area contributed by atoms with E-state index < -0.39 is 0 Å². The summed E-state index contributed by atoms with van der Waals surface area (Å²) in [5.74, 6) is 1.96. The van der Waals surface area contributed by atoms with Gasteiger partial charge < -0.3 is 14.5 Å². The molecule has 0 bridgehead atoms. The highest BCUT2D eigenvalue weighted by Gasteiger charge is 2.16. The van der Waals surface area contributed by atoms with Crippen LogP contribution in [0.15, 0.2) is 53.3 Å². The van der Waals surface area contributed by atoms with Crippen LogP contribution in [0.1, 0.15) is 27.2 Å². The van der Waals surface area contributed by atoms with Gasteiger partial charge in [0, 0.05) is 11.5 Å². The van der Waals surface area contributed by atoms with Crippen molar-refractivity contribution >= 4 is 10.9 Å². The highest BCUT2D eigenvalue weighted by molar-refractivity contribution is 5.92. The third kappa shape index (κ3) is 3.90. The highest BCUT2D eigenvalue weighted by atomic mass is 16.5. The zero-order valence-electron chi connectivity index (χ0n) is 15.5. The van der Waals surface area contributed by atoms with Crippen molar-refractivity contribution in [3.63, 3.8) is 0 Å². The van der Waals surface area contributed by atoms with Crippen LogP contribution in [0.5, 0.6) is 11.5 Å². The maximum absolute atomic E-state index is 12.8. The largest absolute Gasteiger partial charge is 0.494 e. The van der Waals surface area contributed by atoms with E-state index in [2.05, 4.69) is 18.8 Å². The van der Waals surface area contributed by atoms with Crippen molar-refractivity contribution in [1.29, 1.82) is 0 Å². The fourth-order valence-electron chi connectivity index (χ4n) is 2.91. The SMILES string of the molecule is CCOc1c(-c2ccccc2)c(=O)[nH]c2cc(OCCC(C)C)ccc12. The fraction of sp³-hybridized carbons (Fsp3) is 0.318. The van der Waals surface area contributed by atoms with Crippen molar-refractivity contribution in [2.75, 3.05) is 13.2 Å². The molecule has 1 aromatic heterocycles. The third-order valence-electron chi connectivity index (χ3n) is 4.25. The van der Waals surface area contributed by atoms with E-state index in [0.29, 0.717) is 30.4 Å². The summed E-state index contributed by atoms with van der Waals surface area (Å²) in [6.45, 7) is 7.41. The summed E-state index contributed by atoms with van der Waals surface area (Å²) in [5.41, 5.74) is 1.97. The minimum Gasteiger partial charge on any atom is -0.494 e. The van der Waals surface area contributed by atoms with E-state index in [-0.39, 0.29) is 5.56 Å². The first-order valence-corrected chi connectivity index (χ1v) is 9.11. The molecule has 2 aromatic carbocycles. The second kappa shape index (κ2) is 8.09. The Labute approximate surface area is 153 Å². The molecule has 0 amide bonds. The monoisotopic (exact) mass is 351 g/mol. The van der Waals surface area contributed by atoms with Gasteiger partial charge in [-0.2, -0.15) is 0 Å². The Hall–Kier alpha value is -2.75. The van der Waals surface area contributed by atoms with Crippen LogP contribution >= 0.6 is 0 Å². The van der Waals surface area contributed by atoms with Gasteiger partial charge in [-0.3, -0.25) is 4.79 Å². The van der Waals surface area contributed by atoms with Crippen LogP contribution in [-0.2, 0) is 0 Å². The standard InChI is InChI=1S/C22H25NO3/c1-4-25-21-18-11-10-17(26-13-12-15(2)3)14-19(18)23-22(24)20(21)16-8-6-5-7-9-16/h5-11,14-15H,4,12-13H2,1-3H3,(H,23,24). The number of aromatic nitrogens is 1. The lowest BCUT2D eigenvalue weighted by molar-refractivity contribution is 0.290. The summed E-state index contributed by atoms with van der Waals surface area (Å²) in [6, 6.07) is 15.4. The molecular formula is C22H25NO3. The zero-order valence-corrected chi connectivity index (χ0v) is 15.5. The lowest BCUT2D eigenvalue weighted by Crippen LogP contribution is -2.12. The van der Waals surface area contributed by atoms with Gasteiger partial charge in [0.15, 0.2) is 0 Å². The quantitative estimate of drug-likeness (QED) is 0.650. The summed E-state index contributed by atoms with van der Waals surface area (Å²) in [7, 11) is 0. The van der Waals surface area contributed by atoms with Crippen LogP contribution < -0.4 is 15.0 Å². The van der Waals surface area contributed by atoms with E-state index in [9.17, 15) is 4.79 Å². The Balaban J connectivity index is 2.06. The number of nitrogens with one attached hydrogen (secondary N) is 1. The number of ether oxygens (including phenoxy) is 2. The van der Waals surface area contributed by atoms with Gasteiger partial charge in [0.05, 0.1) is 24.3 Å². The van der Waals surface area contributed by atoms with Crippen molar-refractivity contribution in [3.05, 3.63) is 58.9 Å². The molecule has 1 N–H and O–H groups in total. The van der Waals surface area contributed by atoms with Gasteiger partial charge >= 0.3 is 0 Å². The molecule has 0 radical (unpaired) electrons. The molecule has 0 aliphatic carbocycles. The second-order valence-electron chi connectivity index (χ2n) is 6.70. The molecule has 4 heteroatoms. The molecule has 3 rings (SSSR count). The van der Waals surface area contributed by atoms with Crippen LogP contribution in [0.2, 0.25) is 0 Å². The number of hydrogen-bond donors (Lipinski definition) is 1. The Kier molecular flexibility index (Phi) is 5.61. The third-order valence-corrected chi connectivity index (χ3v) is 4.25. The molecule has 0 aliphatic rings. The van der Waals surface area contributed by atoms with Crippen molar-refractivity contribution in [2.45, 2.75) is 27.2 Å². The lowest BCUT2D eigenvalue weighted by Gasteiger charge is -2.14. The van der Waals surface area contributed by atoms with Crippen molar-refractivity contribution < 1.29 is 9.47 Å². The van der Waals surface area contributed by atoms with Crippen LogP contribution in [0, 0.1) is 5.92 Å². The van der Waals surface area contributed by atoms with Gasteiger partial charge in [-0.25, -0.2) is 0 Å². The Morgan fingerprint density at radius 1 is 1.04 bits per heavy atom. The van der Waals surface area contributed by atoms with Gasteiger partial charge in [0.2, 0.25) is 0 Å². The number of aromatic amines is 1. The average molecular weight is 351 g/mol. The number of fused-ring (bicyclic) bond motifs is 1. The molecular weight excluding hydrogens is 326 g/mol. The van der Waals surface area contributed by atoms with E-state index in [1.807, 2.05) is 55.5 Å². The number of benzene rings is 2. The molecule has 0 fully saturated rings. The van der Waals surface area contributed by atoms with Gasteiger partial charge in [0.1, 0.15) is 11.5 Å². The maximum Gasteiger partial charge on any atom is 0.260 e. The lowest BCUT2D eigenvalue weighted by atomic mass is 10.0. The number of pyridine rings is 1. The minimum absolute atomic E-state index is 0.161. The summed E-state index contributed by atoms with van der Waals surface area (Å²) < 4.78 is 11.7. The molecule has 1 heterocycles. The van der Waals surface area contributed by atoms with Gasteiger partial charge in [-0.05, 0) is 37.0 Å². The molecule has 3 aromatic rings. The van der Waals surface area contributed by atoms with E-state index in [4.69, 9.17) is 9.47 Å². The first-order chi connectivity index (χ1) is 12.6. The number of rotatable bonds is 7. The Morgan fingerprint density at radius 3 is 2.50 bits per heavy atom. The van der Waals surface area contributed by atoms with Gasteiger partial charge in [0.25, 0.3) is 5.56 Å². The van der Waals surface area contributed by atoms with E-state index in [0.717, 1.165) is 28.6 Å². The predicted molar refractivity (Wildman–Crippen MR) is 106 cm³/mol. The predicted octanol–water partition coefficient (Wildman–Crippen LogP) is 5.02. The van der Waals surface area contributed by atoms with E-state index in [1.54, 1.807) is 0 Å². The van der Waals surface area contributed by atoms with Crippen LogP contribution in [0.4, 0.5) is 0 Å². The number of H-pyrrole nitrogens is 1. The summed E-state index contributed by atoms with van der Waals surface area (Å²) in [5, 5.41) is 0.876. The molecule has 136 valence electrons. The smallest absolute Gasteiger partial charge is 0.260 e. The van der Waals surface area contributed by atoms with Gasteiger partial charge in [-0.1, -0.05) is 44.2 Å². The molecule has 0 unspecified atom stereocenters. The summed E-state index contributed by atoms with van der Waals surface area (Å²) >= 11 is 0. The molecule has 0 spiro atoms. The Morgan fingerprint density at radius 2 is 1.81 bits per heavy atom. The Bertz CT molecular complexity index is 929. The molecule has 4 nitrogen and oxygen atoms in total. The van der Waals surface area contributed by atoms with Crippen LogP contribution in [-0.4, -0.2) is 18.2 Å². The van der Waals surface area contributed by atoms with Crippen molar-refractivity contribution in [1.82, 2.24) is 4.98 Å². The first kappa shape index (κ1) is 18.1. The topological polar surface area (TPSA) is 51.3 Å². The average Bonchev–Trinajstić information content (AvgIpc) is 2.62. The summed E-state index contributed by atoms with van der Waals surface area (Å²) in [6.07, 6.45) is 0.992. The molecule has 0 saturated heterocycles. The molecule has 0 atom stereocenters. The summed E-state index contributed by atoms with van der Waals surface area (Å²) in [4.78, 5) is 15.7. The van der Waals surface area contributed by atoms with E-state index >= 15 is 0 Å². The second-order valence-corrected chi connectivity index (χ2v) is 6.70. The van der Waals surface area contributed by atoms with Crippen LogP contribution in [0.25, 0.3) is 22.0 Å². The fourth-order valence-corrected chi connectivity index (χ4v) is 2.91. The molecule has 0 saturated carbocycles. The molecule has 26 heavy (non-hydrogen) atoms. The normalized spacial score (nSPS) is 11.1. The van der Waals surface area contributed by atoms with Crippen molar-refractivity contribution in [3.8, 4) is 22.6 Å². The maximum atomic E-state index is 12.8. The minimum atomic E-state index is -0.161. The zero-order chi connectivity index (χ0) is 18.5. The highest BCUT2D eigenvalue weighted by Crippen LogP contribution is 2.34. The van der Waals surface area contributed by atoms with Crippen LogP contribution in [0.3, 0.4) is 0 Å². The van der Waals surface area contributed by atoms with E-state index in [1.165, 1.54) is 0 Å². The first-order valence-electron chi connectivity index (χ1n) is 9.11.